The van der Waals surface area contributed by atoms with Crippen molar-refractivity contribution < 1.29 is 26.8 Å². The molecular formula is C18H21FN2O5S. The van der Waals surface area contributed by atoms with Crippen LogP contribution in [0.3, 0.4) is 0 Å². The average Bonchev–Trinajstić information content (AvgIpc) is 3.23. The van der Waals surface area contributed by atoms with Crippen LogP contribution >= 0.6 is 0 Å². The molecule has 27 heavy (non-hydrogen) atoms. The first kappa shape index (κ1) is 19.5. The van der Waals surface area contributed by atoms with Crippen LogP contribution in [0.25, 0.3) is 0 Å². The number of amides is 1. The van der Waals surface area contributed by atoms with Crippen LogP contribution in [0.15, 0.2) is 39.8 Å². The van der Waals surface area contributed by atoms with Gasteiger partial charge in [0.25, 0.3) is 15.9 Å². The van der Waals surface area contributed by atoms with E-state index in [2.05, 4.69) is 0 Å². The van der Waals surface area contributed by atoms with Crippen LogP contribution in [-0.2, 0) is 21.3 Å². The van der Waals surface area contributed by atoms with E-state index in [0.29, 0.717) is 18.7 Å². The molecule has 2 aromatic rings. The van der Waals surface area contributed by atoms with Crippen molar-refractivity contribution in [3.05, 3.63) is 53.0 Å². The van der Waals surface area contributed by atoms with Crippen molar-refractivity contribution in [2.75, 3.05) is 13.2 Å². The summed E-state index contributed by atoms with van der Waals surface area (Å²) in [7, 11) is -4.06. The third-order valence-corrected chi connectivity index (χ3v) is 5.17. The van der Waals surface area contributed by atoms with E-state index >= 15 is 0 Å². The molecule has 1 unspecified atom stereocenters. The number of carbonyl (C=O) groups is 1. The molecule has 1 aromatic heterocycles. The molecule has 1 aromatic carbocycles. The Hall–Kier alpha value is -2.23. The quantitative estimate of drug-likeness (QED) is 0.806. The molecule has 0 spiro atoms. The Labute approximate surface area is 156 Å². The van der Waals surface area contributed by atoms with E-state index in [-0.39, 0.29) is 24.0 Å². The van der Waals surface area contributed by atoms with Crippen molar-refractivity contribution in [2.24, 2.45) is 5.14 Å². The fourth-order valence-electron chi connectivity index (χ4n) is 3.09. The predicted molar refractivity (Wildman–Crippen MR) is 94.9 cm³/mol. The molecule has 0 aliphatic carbocycles. The van der Waals surface area contributed by atoms with E-state index in [1.807, 2.05) is 0 Å². The van der Waals surface area contributed by atoms with Crippen LogP contribution in [0.4, 0.5) is 4.39 Å². The summed E-state index contributed by atoms with van der Waals surface area (Å²) in [5.74, 6) is -0.667. The van der Waals surface area contributed by atoms with E-state index in [1.165, 1.54) is 24.0 Å². The second-order valence-corrected chi connectivity index (χ2v) is 8.02. The van der Waals surface area contributed by atoms with Crippen molar-refractivity contribution in [1.82, 2.24) is 4.90 Å². The topological polar surface area (TPSA) is 103 Å². The van der Waals surface area contributed by atoms with Crippen LogP contribution in [0.2, 0.25) is 0 Å². The van der Waals surface area contributed by atoms with Gasteiger partial charge >= 0.3 is 0 Å². The SMILES string of the molecule is Cc1oc(S(N)(=O)=O)cc1C(=O)N(Cc1cccc(F)c1)CC1CCCO1. The molecule has 0 saturated carbocycles. The molecule has 1 fully saturated rings. The van der Waals surface area contributed by atoms with Gasteiger partial charge in [-0.15, -0.1) is 0 Å². The van der Waals surface area contributed by atoms with Crippen LogP contribution in [-0.4, -0.2) is 38.5 Å². The molecule has 9 heteroatoms. The summed E-state index contributed by atoms with van der Waals surface area (Å²) in [5.41, 5.74) is 0.725. The Morgan fingerprint density at radius 2 is 2.15 bits per heavy atom. The van der Waals surface area contributed by atoms with Crippen LogP contribution in [0.1, 0.15) is 34.5 Å². The maximum Gasteiger partial charge on any atom is 0.271 e. The number of rotatable bonds is 6. The maximum atomic E-state index is 13.5. The minimum Gasteiger partial charge on any atom is -0.448 e. The standard InChI is InChI=1S/C18H21FN2O5S/c1-12-16(9-17(26-12)27(20,23)24)18(22)21(11-15-6-3-7-25-15)10-13-4-2-5-14(19)8-13/h2,4-5,8-9,15H,3,6-7,10-11H2,1H3,(H2,20,23,24). The zero-order valence-electron chi connectivity index (χ0n) is 14.9. The van der Waals surface area contributed by atoms with E-state index in [9.17, 15) is 17.6 Å². The third kappa shape index (κ3) is 4.74. The Morgan fingerprint density at radius 1 is 1.37 bits per heavy atom. The van der Waals surface area contributed by atoms with Crippen molar-refractivity contribution in [3.63, 3.8) is 0 Å². The Bertz CT molecular complexity index is 935. The number of aryl methyl sites for hydroxylation is 1. The summed E-state index contributed by atoms with van der Waals surface area (Å²) in [6.45, 7) is 2.60. The van der Waals surface area contributed by atoms with E-state index < -0.39 is 26.8 Å². The summed E-state index contributed by atoms with van der Waals surface area (Å²) in [5, 5.41) is 4.61. The molecular weight excluding hydrogens is 375 g/mol. The minimum absolute atomic E-state index is 0.105. The second kappa shape index (κ2) is 7.79. The minimum atomic E-state index is -4.06. The molecule has 0 bridgehead atoms. The fraction of sp³-hybridized carbons (Fsp3) is 0.389. The highest BCUT2D eigenvalue weighted by Gasteiger charge is 2.28. The molecule has 146 valence electrons. The van der Waals surface area contributed by atoms with Gasteiger partial charge in [0, 0.05) is 25.8 Å². The van der Waals surface area contributed by atoms with Gasteiger partial charge in [-0.05, 0) is 37.5 Å². The first-order valence-corrected chi connectivity index (χ1v) is 10.1. The van der Waals surface area contributed by atoms with E-state index in [1.54, 1.807) is 12.1 Å². The number of primary sulfonamides is 1. The van der Waals surface area contributed by atoms with Gasteiger partial charge in [-0.25, -0.2) is 17.9 Å². The molecule has 1 amide bonds. The summed E-state index contributed by atoms with van der Waals surface area (Å²) >= 11 is 0. The second-order valence-electron chi connectivity index (χ2n) is 6.53. The summed E-state index contributed by atoms with van der Waals surface area (Å²) in [6.07, 6.45) is 1.61. The van der Waals surface area contributed by atoms with E-state index in [4.69, 9.17) is 14.3 Å². The highest BCUT2D eigenvalue weighted by Crippen LogP contribution is 2.22. The Balaban J connectivity index is 1.89. The number of ether oxygens (including phenoxy) is 1. The van der Waals surface area contributed by atoms with Crippen molar-refractivity contribution in [1.29, 1.82) is 0 Å². The lowest BCUT2D eigenvalue weighted by Gasteiger charge is -2.25. The van der Waals surface area contributed by atoms with Gasteiger partial charge in [0.05, 0.1) is 11.7 Å². The largest absolute Gasteiger partial charge is 0.448 e. The smallest absolute Gasteiger partial charge is 0.271 e. The lowest BCUT2D eigenvalue weighted by atomic mass is 10.1. The number of hydrogen-bond acceptors (Lipinski definition) is 5. The zero-order valence-corrected chi connectivity index (χ0v) is 15.7. The molecule has 1 saturated heterocycles. The molecule has 1 aliphatic heterocycles. The lowest BCUT2D eigenvalue weighted by Crippen LogP contribution is -2.37. The highest BCUT2D eigenvalue weighted by molar-refractivity contribution is 7.89. The number of furan rings is 1. The molecule has 2 heterocycles. The van der Waals surface area contributed by atoms with Crippen LogP contribution in [0.5, 0.6) is 0 Å². The van der Waals surface area contributed by atoms with Gasteiger partial charge in [0.1, 0.15) is 11.6 Å². The molecule has 7 nitrogen and oxygen atoms in total. The normalized spacial score (nSPS) is 17.2. The number of halogens is 1. The molecule has 0 radical (unpaired) electrons. The van der Waals surface area contributed by atoms with Crippen LogP contribution in [0, 0.1) is 12.7 Å². The predicted octanol–water partition coefficient (Wildman–Crippen LogP) is 2.20. The summed E-state index contributed by atoms with van der Waals surface area (Å²) in [4.78, 5) is 14.6. The summed E-state index contributed by atoms with van der Waals surface area (Å²) < 4.78 is 47.3. The van der Waals surface area contributed by atoms with Gasteiger partial charge in [-0.3, -0.25) is 4.79 Å². The average molecular weight is 396 g/mol. The zero-order chi connectivity index (χ0) is 19.6. The van der Waals surface area contributed by atoms with Gasteiger partial charge in [0.2, 0.25) is 5.09 Å². The molecule has 2 N–H and O–H groups in total. The third-order valence-electron chi connectivity index (χ3n) is 4.40. The van der Waals surface area contributed by atoms with Crippen molar-refractivity contribution >= 4 is 15.9 Å². The van der Waals surface area contributed by atoms with Crippen molar-refractivity contribution in [2.45, 2.75) is 37.5 Å². The molecule has 1 atom stereocenters. The maximum absolute atomic E-state index is 13.5. The number of hydrogen-bond donors (Lipinski definition) is 1. The highest BCUT2D eigenvalue weighted by atomic mass is 32.2. The number of nitrogens with zero attached hydrogens (tertiary/aromatic N) is 1. The first-order valence-electron chi connectivity index (χ1n) is 8.52. The Kier molecular flexibility index (Phi) is 5.64. The van der Waals surface area contributed by atoms with Crippen LogP contribution < -0.4 is 5.14 Å². The first-order chi connectivity index (χ1) is 12.7. The fourth-order valence-corrected chi connectivity index (χ4v) is 3.61. The summed E-state index contributed by atoms with van der Waals surface area (Å²) in [6, 6.07) is 7.10. The number of nitrogens with two attached hydrogens (primary N) is 1. The number of benzene rings is 1. The number of sulfonamides is 1. The van der Waals surface area contributed by atoms with Gasteiger partial charge in [-0.2, -0.15) is 0 Å². The van der Waals surface area contributed by atoms with E-state index in [0.717, 1.165) is 18.9 Å². The molecule has 3 rings (SSSR count). The Morgan fingerprint density at radius 3 is 2.74 bits per heavy atom. The van der Waals surface area contributed by atoms with Gasteiger partial charge < -0.3 is 14.1 Å². The number of carbonyl (C=O) groups excluding carboxylic acids is 1. The van der Waals surface area contributed by atoms with Crippen molar-refractivity contribution in [3.8, 4) is 0 Å². The monoisotopic (exact) mass is 396 g/mol. The molecule has 1 aliphatic rings. The lowest BCUT2D eigenvalue weighted by molar-refractivity contribution is 0.0505. The van der Waals surface area contributed by atoms with Gasteiger partial charge in [-0.1, -0.05) is 12.1 Å². The van der Waals surface area contributed by atoms with Gasteiger partial charge in [0.15, 0.2) is 0 Å².